The third-order valence-corrected chi connectivity index (χ3v) is 4.76. The fourth-order valence-corrected chi connectivity index (χ4v) is 3.04. The first-order chi connectivity index (χ1) is 11.6. The minimum atomic E-state index is 0.343. The Bertz CT molecular complexity index is 683. The number of fused-ring (bicyclic) bond motifs is 1. The van der Waals surface area contributed by atoms with E-state index < -0.39 is 0 Å². The number of aromatic nitrogens is 2. The summed E-state index contributed by atoms with van der Waals surface area (Å²) < 4.78 is 10.1. The maximum atomic E-state index is 5.13. The molecular weight excluding hydrogens is 304 g/mol. The van der Waals surface area contributed by atoms with Crippen molar-refractivity contribution in [2.24, 2.45) is 5.92 Å². The molecule has 0 unspecified atom stereocenters. The summed E-state index contributed by atoms with van der Waals surface area (Å²) in [4.78, 5) is 6.83. The van der Waals surface area contributed by atoms with Crippen LogP contribution in [0.5, 0.6) is 0 Å². The maximum absolute atomic E-state index is 5.13. The van der Waals surface area contributed by atoms with Gasteiger partial charge in [-0.3, -0.25) is 4.90 Å². The smallest absolute Gasteiger partial charge is 0.252 e. The van der Waals surface area contributed by atoms with Crippen molar-refractivity contribution in [3.05, 3.63) is 41.0 Å². The highest BCUT2D eigenvalue weighted by molar-refractivity contribution is 5.56. The van der Waals surface area contributed by atoms with E-state index in [-0.39, 0.29) is 0 Å². The zero-order chi connectivity index (χ0) is 17.1. The molecule has 1 aromatic heterocycles. The number of anilines is 1. The molecule has 0 aliphatic carbocycles. The van der Waals surface area contributed by atoms with Crippen LogP contribution in [0.2, 0.25) is 0 Å². The molecule has 0 saturated carbocycles. The number of nitrogens with zero attached hydrogens (tertiary/aromatic N) is 3. The molecule has 2 heterocycles. The number of benzene rings is 1. The summed E-state index contributed by atoms with van der Waals surface area (Å²) >= 11 is 0. The van der Waals surface area contributed by atoms with Crippen LogP contribution in [0.3, 0.4) is 0 Å². The molecule has 0 fully saturated rings. The highest BCUT2D eigenvalue weighted by Crippen LogP contribution is 2.32. The van der Waals surface area contributed by atoms with Gasteiger partial charge >= 0.3 is 0 Å². The first-order valence-corrected chi connectivity index (χ1v) is 8.47. The van der Waals surface area contributed by atoms with Gasteiger partial charge in [0.25, 0.3) is 5.89 Å². The quantitative estimate of drug-likeness (QED) is 0.841. The molecule has 1 N–H and O–H groups in total. The lowest BCUT2D eigenvalue weighted by Crippen LogP contribution is -2.32. The van der Waals surface area contributed by atoms with E-state index in [1.807, 2.05) is 0 Å². The average Bonchev–Trinajstić information content (AvgIpc) is 3.19. The van der Waals surface area contributed by atoms with E-state index in [0.29, 0.717) is 36.8 Å². The predicted octanol–water partition coefficient (Wildman–Crippen LogP) is 3.19. The molecule has 2 aromatic rings. The molecule has 1 aliphatic rings. The zero-order valence-corrected chi connectivity index (χ0v) is 14.9. The van der Waals surface area contributed by atoms with E-state index in [0.717, 1.165) is 18.8 Å². The van der Waals surface area contributed by atoms with Crippen molar-refractivity contribution in [2.45, 2.75) is 53.1 Å². The Labute approximate surface area is 143 Å². The summed E-state index contributed by atoms with van der Waals surface area (Å²) in [6.45, 7) is 9.75. The summed E-state index contributed by atoms with van der Waals surface area (Å²) in [5.74, 6) is 1.80. The molecule has 6 nitrogen and oxygen atoms in total. The van der Waals surface area contributed by atoms with Gasteiger partial charge in [0.1, 0.15) is 6.61 Å². The number of hydrogen-bond donors (Lipinski definition) is 1. The molecule has 1 aliphatic heterocycles. The van der Waals surface area contributed by atoms with E-state index >= 15 is 0 Å². The number of ether oxygens (including phenoxy) is 1. The number of hydrogen-bond acceptors (Lipinski definition) is 6. The van der Waals surface area contributed by atoms with Crippen LogP contribution < -0.4 is 5.32 Å². The third-order valence-electron chi connectivity index (χ3n) is 4.76. The van der Waals surface area contributed by atoms with E-state index in [4.69, 9.17) is 9.26 Å². The molecule has 3 rings (SSSR count). The molecule has 0 saturated heterocycles. The molecule has 0 spiro atoms. The van der Waals surface area contributed by atoms with Crippen molar-refractivity contribution >= 4 is 5.69 Å². The van der Waals surface area contributed by atoms with Crippen molar-refractivity contribution in [3.8, 4) is 0 Å². The molecule has 1 atom stereocenters. The van der Waals surface area contributed by atoms with Gasteiger partial charge in [0.05, 0.1) is 6.54 Å². The van der Waals surface area contributed by atoms with Crippen molar-refractivity contribution < 1.29 is 9.26 Å². The molecule has 24 heavy (non-hydrogen) atoms. The summed E-state index contributed by atoms with van der Waals surface area (Å²) in [6.07, 6.45) is 0. The van der Waals surface area contributed by atoms with Crippen LogP contribution in [-0.4, -0.2) is 28.2 Å². The van der Waals surface area contributed by atoms with E-state index in [2.05, 4.69) is 59.3 Å². The predicted molar refractivity (Wildman–Crippen MR) is 92.3 cm³/mol. The maximum Gasteiger partial charge on any atom is 0.252 e. The van der Waals surface area contributed by atoms with Crippen molar-refractivity contribution in [1.82, 2.24) is 15.0 Å². The lowest BCUT2D eigenvalue weighted by atomic mass is 10.1. The van der Waals surface area contributed by atoms with Gasteiger partial charge < -0.3 is 14.6 Å². The van der Waals surface area contributed by atoms with Gasteiger partial charge in [-0.15, -0.1) is 0 Å². The van der Waals surface area contributed by atoms with Crippen LogP contribution >= 0.6 is 0 Å². The Morgan fingerprint density at radius 1 is 1.29 bits per heavy atom. The van der Waals surface area contributed by atoms with Crippen LogP contribution in [0.25, 0.3) is 0 Å². The fourth-order valence-electron chi connectivity index (χ4n) is 3.04. The van der Waals surface area contributed by atoms with Gasteiger partial charge in [-0.1, -0.05) is 31.1 Å². The first kappa shape index (κ1) is 16.9. The summed E-state index contributed by atoms with van der Waals surface area (Å²) in [5, 5.41) is 7.42. The molecule has 0 amide bonds. The Morgan fingerprint density at radius 3 is 2.88 bits per heavy atom. The molecule has 0 radical (unpaired) electrons. The van der Waals surface area contributed by atoms with Crippen LogP contribution in [0.1, 0.15) is 43.6 Å². The monoisotopic (exact) mass is 330 g/mol. The Kier molecular flexibility index (Phi) is 5.16. The van der Waals surface area contributed by atoms with Gasteiger partial charge in [-0.2, -0.15) is 4.98 Å². The second-order valence-electron chi connectivity index (χ2n) is 6.72. The topological polar surface area (TPSA) is 63.4 Å². The highest BCUT2D eigenvalue weighted by atomic mass is 16.5. The van der Waals surface area contributed by atoms with Gasteiger partial charge in [0.15, 0.2) is 5.82 Å². The van der Waals surface area contributed by atoms with E-state index in [1.54, 1.807) is 7.11 Å². The van der Waals surface area contributed by atoms with Crippen LogP contribution in [0.15, 0.2) is 22.7 Å². The SMILES string of the molecule is COCc1nc(CNc2cccc3c2CN([C@H](C)C(C)C)C3)no1. The molecule has 130 valence electrons. The summed E-state index contributed by atoms with van der Waals surface area (Å²) in [5.41, 5.74) is 3.94. The number of nitrogens with one attached hydrogen (secondary N) is 1. The minimum absolute atomic E-state index is 0.343. The standard InChI is InChI=1S/C18H26N4O2/c1-12(2)13(3)22-9-14-6-5-7-16(15(14)10-22)19-8-17-20-18(11-23-4)24-21-17/h5-7,12-13,19H,8-11H2,1-4H3/t13-/m1/s1. The van der Waals surface area contributed by atoms with Crippen molar-refractivity contribution in [3.63, 3.8) is 0 Å². The average molecular weight is 330 g/mol. The molecule has 1 aromatic carbocycles. The van der Waals surface area contributed by atoms with Gasteiger partial charge in [0, 0.05) is 31.9 Å². The highest BCUT2D eigenvalue weighted by Gasteiger charge is 2.26. The Morgan fingerprint density at radius 2 is 2.12 bits per heavy atom. The van der Waals surface area contributed by atoms with Crippen LogP contribution in [0.4, 0.5) is 5.69 Å². The first-order valence-electron chi connectivity index (χ1n) is 8.47. The second kappa shape index (κ2) is 7.32. The van der Waals surface area contributed by atoms with Crippen molar-refractivity contribution in [1.29, 1.82) is 0 Å². The largest absolute Gasteiger partial charge is 0.377 e. The Balaban J connectivity index is 1.67. The van der Waals surface area contributed by atoms with Gasteiger partial charge in [-0.05, 0) is 30.0 Å². The van der Waals surface area contributed by atoms with Gasteiger partial charge in [-0.25, -0.2) is 0 Å². The normalized spacial score (nSPS) is 15.7. The molecule has 6 heteroatoms. The molecular formula is C18H26N4O2. The molecule has 0 bridgehead atoms. The van der Waals surface area contributed by atoms with E-state index in [1.165, 1.54) is 11.1 Å². The lowest BCUT2D eigenvalue weighted by Gasteiger charge is -2.27. The zero-order valence-electron chi connectivity index (χ0n) is 14.9. The second-order valence-corrected chi connectivity index (χ2v) is 6.72. The number of methoxy groups -OCH3 is 1. The van der Waals surface area contributed by atoms with Crippen molar-refractivity contribution in [2.75, 3.05) is 12.4 Å². The third kappa shape index (κ3) is 3.60. The Hall–Kier alpha value is -1.92. The fraction of sp³-hybridized carbons (Fsp3) is 0.556. The van der Waals surface area contributed by atoms with Gasteiger partial charge in [0.2, 0.25) is 0 Å². The van der Waals surface area contributed by atoms with Crippen LogP contribution in [-0.2, 0) is 31.0 Å². The summed E-state index contributed by atoms with van der Waals surface area (Å²) in [7, 11) is 1.61. The lowest BCUT2D eigenvalue weighted by molar-refractivity contribution is 0.151. The van der Waals surface area contributed by atoms with E-state index in [9.17, 15) is 0 Å². The van der Waals surface area contributed by atoms with Crippen LogP contribution in [0, 0.1) is 5.92 Å². The minimum Gasteiger partial charge on any atom is -0.377 e. The summed E-state index contributed by atoms with van der Waals surface area (Å²) in [6, 6.07) is 7.02. The number of rotatable bonds is 7.